The van der Waals surface area contributed by atoms with Crippen molar-refractivity contribution in [3.63, 3.8) is 0 Å². The number of carbonyl (C=O) groups is 1. The van der Waals surface area contributed by atoms with Crippen LogP contribution >= 0.6 is 11.6 Å². The van der Waals surface area contributed by atoms with Gasteiger partial charge in [-0.05, 0) is 117 Å². The molecule has 0 bridgehead atoms. The van der Waals surface area contributed by atoms with Crippen molar-refractivity contribution in [2.45, 2.75) is 65.3 Å². The van der Waals surface area contributed by atoms with E-state index < -0.39 is 0 Å². The summed E-state index contributed by atoms with van der Waals surface area (Å²) in [5.74, 6) is 0.828. The summed E-state index contributed by atoms with van der Waals surface area (Å²) in [6.45, 7) is 8.51. The molecule has 3 N–H and O–H groups in total. The molecule has 0 unspecified atom stereocenters. The van der Waals surface area contributed by atoms with Crippen molar-refractivity contribution in [3.8, 4) is 28.7 Å². The van der Waals surface area contributed by atoms with Gasteiger partial charge in [0.2, 0.25) is 5.91 Å². The number of rotatable bonds is 17. The van der Waals surface area contributed by atoms with Crippen molar-refractivity contribution in [1.29, 1.82) is 5.26 Å². The van der Waals surface area contributed by atoms with Crippen LogP contribution in [0.2, 0.25) is 5.02 Å². The monoisotopic (exact) mass is 703 g/mol. The van der Waals surface area contributed by atoms with Gasteiger partial charge in [-0.1, -0.05) is 54.1 Å². The Morgan fingerprint density at radius 3 is 2.51 bits per heavy atom. The number of aryl methyl sites for hydroxylation is 1. The predicted octanol–water partition coefficient (Wildman–Crippen LogP) is 8.14. The Labute approximate surface area is 305 Å². The number of nitrogens with zero attached hydrogens (tertiary/aromatic N) is 3. The van der Waals surface area contributed by atoms with Gasteiger partial charge in [0.25, 0.3) is 0 Å². The summed E-state index contributed by atoms with van der Waals surface area (Å²) in [6, 6.07) is 28.4. The van der Waals surface area contributed by atoms with Crippen LogP contribution in [0.15, 0.2) is 85.1 Å². The number of aromatic nitrogens is 1. The van der Waals surface area contributed by atoms with Crippen molar-refractivity contribution in [1.82, 2.24) is 14.8 Å². The van der Waals surface area contributed by atoms with Crippen LogP contribution in [0, 0.1) is 18.3 Å². The van der Waals surface area contributed by atoms with E-state index in [4.69, 9.17) is 26.8 Å². The lowest BCUT2D eigenvalue weighted by Gasteiger charge is -2.18. The lowest BCUT2D eigenvalue weighted by atomic mass is 9.94. The van der Waals surface area contributed by atoms with Crippen molar-refractivity contribution < 1.29 is 14.3 Å². The third-order valence-electron chi connectivity index (χ3n) is 9.66. The highest BCUT2D eigenvalue weighted by Crippen LogP contribution is 2.36. The van der Waals surface area contributed by atoms with Crippen LogP contribution in [-0.2, 0) is 31.1 Å². The number of nitriles is 1. The van der Waals surface area contributed by atoms with E-state index in [0.717, 1.165) is 41.8 Å². The minimum atomic E-state index is -0.319. The Kier molecular flexibility index (Phi) is 12.3. The second-order valence-corrected chi connectivity index (χ2v) is 13.7. The fourth-order valence-corrected chi connectivity index (χ4v) is 7.11. The molecule has 5 aromatic rings. The smallest absolute Gasteiger partial charge is 0.217 e. The molecule has 4 aromatic carbocycles. The topological polar surface area (TPSA) is 106 Å². The molecule has 0 spiro atoms. The van der Waals surface area contributed by atoms with E-state index in [-0.39, 0.29) is 12.5 Å². The number of ether oxygens (including phenoxy) is 2. The number of primary amides is 1. The minimum absolute atomic E-state index is 0.276. The maximum atomic E-state index is 11.2. The summed E-state index contributed by atoms with van der Waals surface area (Å²) < 4.78 is 15.1. The molecule has 1 saturated heterocycles. The maximum absolute atomic E-state index is 11.2. The fraction of sp³-hybridized carbons (Fsp3) is 0.333. The van der Waals surface area contributed by atoms with Crippen LogP contribution in [0.1, 0.15) is 59.9 Å². The van der Waals surface area contributed by atoms with Gasteiger partial charge in [-0.25, -0.2) is 0 Å². The molecular weight excluding hydrogens is 658 g/mol. The van der Waals surface area contributed by atoms with Crippen LogP contribution in [0.4, 0.5) is 0 Å². The van der Waals surface area contributed by atoms with Gasteiger partial charge in [0, 0.05) is 48.2 Å². The first kappa shape index (κ1) is 36.0. The highest BCUT2D eigenvalue weighted by atomic mass is 35.5. The number of hydrogen-bond donors (Lipinski definition) is 2. The molecule has 6 rings (SSSR count). The quantitative estimate of drug-likeness (QED) is 0.0948. The van der Waals surface area contributed by atoms with E-state index in [9.17, 15) is 10.1 Å². The molecule has 0 radical (unpaired) electrons. The molecule has 1 aliphatic rings. The molecular formula is C42H46ClN5O3. The minimum Gasteiger partial charge on any atom is -0.488 e. The first-order chi connectivity index (χ1) is 24.9. The summed E-state index contributed by atoms with van der Waals surface area (Å²) in [5.41, 5.74) is 13.5. The number of carbonyl (C=O) groups excluding carboxylic acids is 1. The molecule has 8 nitrogen and oxygen atoms in total. The van der Waals surface area contributed by atoms with Crippen molar-refractivity contribution >= 4 is 28.4 Å². The molecule has 0 atom stereocenters. The van der Waals surface area contributed by atoms with E-state index in [1.165, 1.54) is 48.0 Å². The highest BCUT2D eigenvalue weighted by Gasteiger charge is 2.16. The van der Waals surface area contributed by atoms with Gasteiger partial charge >= 0.3 is 0 Å². The number of hydrogen-bond acceptors (Lipinski definition) is 6. The Morgan fingerprint density at radius 2 is 1.69 bits per heavy atom. The zero-order valence-electron chi connectivity index (χ0n) is 29.3. The average Bonchev–Trinajstić information content (AvgIpc) is 3.81. The summed E-state index contributed by atoms with van der Waals surface area (Å²) >= 11 is 6.80. The largest absolute Gasteiger partial charge is 0.488 e. The van der Waals surface area contributed by atoms with E-state index >= 15 is 0 Å². The summed E-state index contributed by atoms with van der Waals surface area (Å²) in [4.78, 5) is 13.7. The fourth-order valence-electron chi connectivity index (χ4n) is 6.87. The van der Waals surface area contributed by atoms with Crippen LogP contribution < -0.4 is 20.5 Å². The summed E-state index contributed by atoms with van der Waals surface area (Å²) in [7, 11) is 0. The average molecular weight is 704 g/mol. The SMILES string of the molecule is Cc1c(COc2cc(OCc3cccc(C#N)c3)c(CNCCCC(N)=O)cc2Cl)cccc1-c1cccc2c1ccn2CCCN1CCCC1. The van der Waals surface area contributed by atoms with Gasteiger partial charge < -0.3 is 30.0 Å². The van der Waals surface area contributed by atoms with Gasteiger partial charge in [-0.2, -0.15) is 5.26 Å². The molecule has 1 aliphatic heterocycles. The van der Waals surface area contributed by atoms with Crippen LogP contribution in [0.25, 0.3) is 22.0 Å². The molecule has 51 heavy (non-hydrogen) atoms. The number of likely N-dealkylation sites (tertiary alicyclic amines) is 1. The lowest BCUT2D eigenvalue weighted by molar-refractivity contribution is -0.118. The normalized spacial score (nSPS) is 13.0. The van der Waals surface area contributed by atoms with Crippen LogP contribution in [-0.4, -0.2) is 41.6 Å². The van der Waals surface area contributed by atoms with E-state index in [1.54, 1.807) is 6.07 Å². The van der Waals surface area contributed by atoms with Gasteiger partial charge in [-0.3, -0.25) is 4.79 Å². The Hall–Kier alpha value is -4.81. The number of amides is 1. The first-order valence-electron chi connectivity index (χ1n) is 17.8. The van der Waals surface area contributed by atoms with E-state index in [1.807, 2.05) is 30.3 Å². The summed E-state index contributed by atoms with van der Waals surface area (Å²) in [5, 5.41) is 14.4. The lowest BCUT2D eigenvalue weighted by Crippen LogP contribution is -2.21. The molecule has 0 aliphatic carbocycles. The Morgan fingerprint density at radius 1 is 0.902 bits per heavy atom. The number of fused-ring (bicyclic) bond motifs is 1. The van der Waals surface area contributed by atoms with Gasteiger partial charge in [0.05, 0.1) is 16.7 Å². The molecule has 1 aromatic heterocycles. The Balaban J connectivity index is 1.18. The second kappa shape index (κ2) is 17.4. The second-order valence-electron chi connectivity index (χ2n) is 13.3. The zero-order chi connectivity index (χ0) is 35.6. The molecule has 1 fully saturated rings. The van der Waals surface area contributed by atoms with Crippen molar-refractivity contribution in [2.75, 3.05) is 26.2 Å². The third kappa shape index (κ3) is 9.30. The van der Waals surface area contributed by atoms with Gasteiger partial charge in [0.15, 0.2) is 0 Å². The number of benzene rings is 4. The molecule has 264 valence electrons. The number of halogens is 1. The molecule has 1 amide bonds. The molecule has 0 saturated carbocycles. The number of nitrogens with one attached hydrogen (secondary N) is 1. The molecule has 9 heteroatoms. The van der Waals surface area contributed by atoms with Crippen LogP contribution in [0.5, 0.6) is 11.5 Å². The van der Waals surface area contributed by atoms with E-state index in [2.05, 4.69) is 76.4 Å². The standard InChI is InChI=1S/C42H46ClN5O3/c1-30-33(11-5-12-35(30)36-13-6-14-39-37(36)16-22-48(39)21-8-20-47-18-2-3-19-47)29-51-41-25-40(50-28-32-10-4-9-31(23-32)26-44)34(24-38(41)43)27-46-17-7-15-42(45)49/h4-6,9-14,16,22-25,46H,2-3,7-8,15,17-21,27-29H2,1H3,(H2,45,49). The van der Waals surface area contributed by atoms with Gasteiger partial charge in [-0.15, -0.1) is 0 Å². The third-order valence-corrected chi connectivity index (χ3v) is 9.96. The summed E-state index contributed by atoms with van der Waals surface area (Å²) in [6.07, 6.45) is 6.99. The maximum Gasteiger partial charge on any atom is 0.217 e. The van der Waals surface area contributed by atoms with E-state index in [0.29, 0.717) is 54.6 Å². The Bertz CT molecular complexity index is 2010. The zero-order valence-corrected chi connectivity index (χ0v) is 30.1. The van der Waals surface area contributed by atoms with Crippen LogP contribution in [0.3, 0.4) is 0 Å². The molecule has 2 heterocycles. The predicted molar refractivity (Wildman–Crippen MR) is 204 cm³/mol. The van der Waals surface area contributed by atoms with Crippen molar-refractivity contribution in [2.24, 2.45) is 5.73 Å². The number of nitrogens with two attached hydrogens (primary N) is 1. The highest BCUT2D eigenvalue weighted by molar-refractivity contribution is 6.32. The first-order valence-corrected chi connectivity index (χ1v) is 18.2. The van der Waals surface area contributed by atoms with Gasteiger partial charge in [0.1, 0.15) is 24.7 Å². The van der Waals surface area contributed by atoms with Crippen molar-refractivity contribution in [3.05, 3.63) is 118 Å².